The summed E-state index contributed by atoms with van der Waals surface area (Å²) in [7, 11) is 0. The molecule has 0 aromatic heterocycles. The van der Waals surface area contributed by atoms with E-state index in [9.17, 15) is 0 Å². The van der Waals surface area contributed by atoms with E-state index in [1.165, 1.54) is 20.1 Å². The van der Waals surface area contributed by atoms with E-state index in [1.807, 2.05) is 12.1 Å². The minimum atomic E-state index is 0.386. The number of benzene rings is 2. The number of hydrogen-bond acceptors (Lipinski definition) is 0. The van der Waals surface area contributed by atoms with Gasteiger partial charge in [-0.15, -0.1) is 0 Å². The predicted molar refractivity (Wildman–Crippen MR) is 83.2 cm³/mol. The summed E-state index contributed by atoms with van der Waals surface area (Å²) in [6.07, 6.45) is 0. The molecular weight excluding hydrogens is 397 g/mol. The molecule has 2 aromatic rings. The molecule has 0 atom stereocenters. The minimum absolute atomic E-state index is 0.386. The summed E-state index contributed by atoms with van der Waals surface area (Å²) >= 11 is 13.3. The van der Waals surface area contributed by atoms with Crippen LogP contribution in [0.2, 0.25) is 10.0 Å². The molecule has 0 bridgehead atoms. The Balaban J connectivity index is 2.11. The third-order valence-corrected chi connectivity index (χ3v) is 10.8. The third kappa shape index (κ3) is 3.78. The van der Waals surface area contributed by atoms with Crippen molar-refractivity contribution < 1.29 is 0 Å². The van der Waals surface area contributed by atoms with Crippen molar-refractivity contribution in [2.45, 2.75) is 13.8 Å². The van der Waals surface area contributed by atoms with Gasteiger partial charge in [-0.25, -0.2) is 0 Å². The maximum atomic E-state index is 6.25. The summed E-state index contributed by atoms with van der Waals surface area (Å²) in [5.74, 6) is 0. The van der Waals surface area contributed by atoms with Crippen LogP contribution in [-0.2, 0) is 0 Å². The van der Waals surface area contributed by atoms with E-state index >= 15 is 0 Å². The molecule has 0 heterocycles. The van der Waals surface area contributed by atoms with Crippen LogP contribution in [0.3, 0.4) is 0 Å². The molecule has 0 spiro atoms. The van der Waals surface area contributed by atoms with E-state index in [2.05, 4.69) is 38.1 Å². The van der Waals surface area contributed by atoms with Crippen molar-refractivity contribution in [3.63, 3.8) is 0 Å². The van der Waals surface area contributed by atoms with Crippen LogP contribution < -0.4 is 8.92 Å². The Hall–Kier alpha value is 0.0590. The molecule has 0 saturated carbocycles. The molecule has 0 nitrogen and oxygen atoms in total. The van der Waals surface area contributed by atoms with Gasteiger partial charge in [0, 0.05) is 0 Å². The van der Waals surface area contributed by atoms with E-state index in [0.717, 1.165) is 10.0 Å². The zero-order valence-corrected chi connectivity index (χ0v) is 15.0. The van der Waals surface area contributed by atoms with Gasteiger partial charge in [-0.05, 0) is 0 Å². The first-order valence-electron chi connectivity index (χ1n) is 5.43. The molecule has 0 aliphatic rings. The van der Waals surface area contributed by atoms with Crippen molar-refractivity contribution in [1.29, 1.82) is 0 Å². The summed E-state index contributed by atoms with van der Waals surface area (Å²) in [5.41, 5.74) is 2.42. The van der Waals surface area contributed by atoms with Crippen molar-refractivity contribution in [2.24, 2.45) is 0 Å². The number of rotatable bonds is 3. The standard InChI is InChI=1S/C14H12Cl2Se2/c1-9-3-5-13(11(15)7-9)17-18-14-6-4-10(2)8-12(14)16/h3-8H,1-2H3. The van der Waals surface area contributed by atoms with Gasteiger partial charge in [-0.1, -0.05) is 0 Å². The summed E-state index contributed by atoms with van der Waals surface area (Å²) in [5, 5.41) is 1.78. The molecule has 2 aromatic carbocycles. The second-order valence-electron chi connectivity index (χ2n) is 4.03. The van der Waals surface area contributed by atoms with Crippen molar-refractivity contribution >= 4 is 58.4 Å². The van der Waals surface area contributed by atoms with Crippen LogP contribution in [0.25, 0.3) is 0 Å². The quantitative estimate of drug-likeness (QED) is 0.685. The van der Waals surface area contributed by atoms with Gasteiger partial charge in [0.05, 0.1) is 0 Å². The second-order valence-corrected chi connectivity index (χ2v) is 11.0. The second kappa shape index (κ2) is 6.48. The van der Waals surface area contributed by atoms with E-state index in [-0.39, 0.29) is 0 Å². The van der Waals surface area contributed by atoms with Gasteiger partial charge in [-0.3, -0.25) is 0 Å². The summed E-state index contributed by atoms with van der Waals surface area (Å²) in [6.45, 7) is 4.12. The topological polar surface area (TPSA) is 0 Å². The Kier molecular flexibility index (Phi) is 5.21. The molecule has 0 amide bonds. The number of aryl methyl sites for hydroxylation is 2. The Morgan fingerprint density at radius 3 is 1.44 bits per heavy atom. The summed E-state index contributed by atoms with van der Waals surface area (Å²) in [6, 6.07) is 12.6. The normalized spacial score (nSPS) is 10.7. The van der Waals surface area contributed by atoms with Gasteiger partial charge in [0.15, 0.2) is 0 Å². The summed E-state index contributed by atoms with van der Waals surface area (Å²) < 4.78 is 2.54. The molecule has 0 unspecified atom stereocenters. The van der Waals surface area contributed by atoms with Crippen LogP contribution in [0.1, 0.15) is 11.1 Å². The number of halogens is 2. The average Bonchev–Trinajstić information content (AvgIpc) is 2.30. The predicted octanol–water partition coefficient (Wildman–Crippen LogP) is 2.88. The number of hydrogen-bond donors (Lipinski definition) is 0. The van der Waals surface area contributed by atoms with Gasteiger partial charge in [0.1, 0.15) is 0 Å². The van der Waals surface area contributed by atoms with Crippen LogP contribution in [-0.4, -0.2) is 26.3 Å². The van der Waals surface area contributed by atoms with E-state index in [0.29, 0.717) is 26.3 Å². The van der Waals surface area contributed by atoms with Crippen molar-refractivity contribution in [3.8, 4) is 0 Å². The molecule has 0 radical (unpaired) electrons. The van der Waals surface area contributed by atoms with Crippen LogP contribution in [0, 0.1) is 13.8 Å². The van der Waals surface area contributed by atoms with Gasteiger partial charge in [0.25, 0.3) is 0 Å². The van der Waals surface area contributed by atoms with Crippen LogP contribution in [0.4, 0.5) is 0 Å². The van der Waals surface area contributed by atoms with Crippen molar-refractivity contribution in [2.75, 3.05) is 0 Å². The first-order valence-corrected chi connectivity index (χ1v) is 12.2. The molecular formula is C14H12Cl2Se2. The fourth-order valence-corrected chi connectivity index (χ4v) is 9.99. The first-order chi connectivity index (χ1) is 8.56. The van der Waals surface area contributed by atoms with Crippen LogP contribution in [0.5, 0.6) is 0 Å². The first kappa shape index (κ1) is 14.5. The summed E-state index contributed by atoms with van der Waals surface area (Å²) in [4.78, 5) is 0. The SMILES string of the molecule is Cc1ccc([Se][Se]c2ccc(C)cc2Cl)c(Cl)c1. The van der Waals surface area contributed by atoms with Gasteiger partial charge in [0.2, 0.25) is 0 Å². The van der Waals surface area contributed by atoms with Gasteiger partial charge in [-0.2, -0.15) is 0 Å². The Bertz CT molecular complexity index is 516. The molecule has 18 heavy (non-hydrogen) atoms. The van der Waals surface area contributed by atoms with Crippen molar-refractivity contribution in [1.82, 2.24) is 0 Å². The van der Waals surface area contributed by atoms with Gasteiger partial charge < -0.3 is 0 Å². The fraction of sp³-hybridized carbons (Fsp3) is 0.143. The molecule has 0 N–H and O–H groups in total. The molecule has 94 valence electrons. The molecule has 0 aliphatic heterocycles. The zero-order valence-electron chi connectivity index (χ0n) is 10.0. The molecule has 2 rings (SSSR count). The Morgan fingerprint density at radius 2 is 1.11 bits per heavy atom. The van der Waals surface area contributed by atoms with Crippen LogP contribution >= 0.6 is 23.2 Å². The van der Waals surface area contributed by atoms with Gasteiger partial charge >= 0.3 is 130 Å². The Morgan fingerprint density at radius 1 is 0.722 bits per heavy atom. The van der Waals surface area contributed by atoms with Crippen LogP contribution in [0.15, 0.2) is 36.4 Å². The molecule has 0 fully saturated rings. The van der Waals surface area contributed by atoms with E-state index < -0.39 is 0 Å². The average molecular weight is 409 g/mol. The molecule has 0 aliphatic carbocycles. The zero-order chi connectivity index (χ0) is 13.1. The Labute approximate surface area is 129 Å². The molecule has 4 heteroatoms. The third-order valence-electron chi connectivity index (χ3n) is 2.40. The molecule has 0 saturated heterocycles. The van der Waals surface area contributed by atoms with E-state index in [1.54, 1.807) is 0 Å². The maximum absolute atomic E-state index is 6.25. The fourth-order valence-electron chi connectivity index (χ4n) is 1.44. The van der Waals surface area contributed by atoms with E-state index in [4.69, 9.17) is 23.2 Å². The van der Waals surface area contributed by atoms with Crippen molar-refractivity contribution in [3.05, 3.63) is 57.6 Å². The monoisotopic (exact) mass is 410 g/mol.